The van der Waals surface area contributed by atoms with Crippen molar-refractivity contribution >= 4 is 22.9 Å². The second-order valence-corrected chi connectivity index (χ2v) is 9.48. The number of hydrogen-bond acceptors (Lipinski definition) is 3. The first-order valence-corrected chi connectivity index (χ1v) is 11.5. The predicted molar refractivity (Wildman–Crippen MR) is 138 cm³/mol. The summed E-state index contributed by atoms with van der Waals surface area (Å²) in [7, 11) is 0. The van der Waals surface area contributed by atoms with Gasteiger partial charge in [-0.2, -0.15) is 0 Å². The minimum absolute atomic E-state index is 0.116. The third kappa shape index (κ3) is 5.65. The quantitative estimate of drug-likeness (QED) is 0.247. The second kappa shape index (κ2) is 9.84. The molecule has 4 rings (SSSR count). The molecule has 160 valence electrons. The van der Waals surface area contributed by atoms with Crippen LogP contribution in [0.5, 0.6) is 0 Å². The van der Waals surface area contributed by atoms with Crippen LogP contribution in [0.15, 0.2) is 107 Å². The summed E-state index contributed by atoms with van der Waals surface area (Å²) in [6.07, 6.45) is 3.96. The molecule has 0 saturated heterocycles. The Kier molecular flexibility index (Phi) is 6.72. The summed E-state index contributed by atoms with van der Waals surface area (Å²) in [4.78, 5) is 14.3. The van der Waals surface area contributed by atoms with Crippen molar-refractivity contribution in [3.63, 3.8) is 0 Å². The topological polar surface area (TPSA) is 41.0 Å². The molecule has 1 heterocycles. The Balaban J connectivity index is 1.75. The van der Waals surface area contributed by atoms with Crippen LogP contribution in [0.1, 0.15) is 26.3 Å². The number of nitrogens with one attached hydrogen (secondary N) is 1. The number of imidazole rings is 1. The molecule has 32 heavy (non-hydrogen) atoms. The fraction of sp³-hybridized carbons (Fsp3) is 0.143. The summed E-state index contributed by atoms with van der Waals surface area (Å²) in [5.74, 6) is 0. The molecule has 1 aromatic heterocycles. The zero-order valence-electron chi connectivity index (χ0n) is 18.6. The maximum Gasteiger partial charge on any atom is 0.171 e. The molecule has 0 unspecified atom stereocenters. The first kappa shape index (κ1) is 21.8. The molecule has 0 saturated carbocycles. The maximum atomic E-state index is 5.00. The number of aliphatic imine (C=N–C) groups is 1. The van der Waals surface area contributed by atoms with E-state index in [1.165, 1.54) is 0 Å². The minimum atomic E-state index is -0.116. The van der Waals surface area contributed by atoms with Gasteiger partial charge in [0.05, 0.1) is 16.9 Å². The van der Waals surface area contributed by atoms with Gasteiger partial charge in [0.15, 0.2) is 5.16 Å². The van der Waals surface area contributed by atoms with Gasteiger partial charge in [0.25, 0.3) is 0 Å². The summed E-state index contributed by atoms with van der Waals surface area (Å²) >= 11 is 1.62. The molecule has 0 aliphatic rings. The van der Waals surface area contributed by atoms with Gasteiger partial charge < -0.3 is 4.98 Å². The molecule has 0 radical (unpaired) electrons. The van der Waals surface area contributed by atoms with Gasteiger partial charge in [-0.15, -0.1) is 0 Å². The maximum absolute atomic E-state index is 5.00. The summed E-state index contributed by atoms with van der Waals surface area (Å²) in [6.45, 7) is 6.28. The third-order valence-electron chi connectivity index (χ3n) is 4.74. The molecule has 1 N–H and O–H groups in total. The minimum Gasteiger partial charge on any atom is -0.332 e. The fourth-order valence-electron chi connectivity index (χ4n) is 3.24. The highest BCUT2D eigenvalue weighted by Crippen LogP contribution is 2.37. The average Bonchev–Trinajstić information content (AvgIpc) is 3.23. The Hall–Kier alpha value is -3.37. The molecule has 0 fully saturated rings. The van der Waals surface area contributed by atoms with E-state index in [2.05, 4.69) is 97.5 Å². The summed E-state index contributed by atoms with van der Waals surface area (Å²) in [5, 5.41) is 0.849. The van der Waals surface area contributed by atoms with Gasteiger partial charge in [-0.05, 0) is 32.4 Å². The Labute approximate surface area is 194 Å². The number of thioether (sulfide) groups is 1. The van der Waals surface area contributed by atoms with Crippen molar-refractivity contribution in [3.8, 4) is 22.5 Å². The van der Waals surface area contributed by atoms with Crippen LogP contribution in [-0.2, 0) is 0 Å². The van der Waals surface area contributed by atoms with Gasteiger partial charge in [-0.3, -0.25) is 4.99 Å². The molecule has 0 spiro atoms. The number of nitrogens with zero attached hydrogens (tertiary/aromatic N) is 2. The van der Waals surface area contributed by atoms with Crippen LogP contribution < -0.4 is 0 Å². The number of H-pyrrole nitrogens is 1. The van der Waals surface area contributed by atoms with Gasteiger partial charge in [0.2, 0.25) is 0 Å². The van der Waals surface area contributed by atoms with Crippen LogP contribution in [-0.4, -0.2) is 21.7 Å². The van der Waals surface area contributed by atoms with E-state index in [0.717, 1.165) is 38.1 Å². The second-order valence-electron chi connectivity index (χ2n) is 8.45. The van der Waals surface area contributed by atoms with Crippen LogP contribution in [0.25, 0.3) is 27.4 Å². The predicted octanol–water partition coefficient (Wildman–Crippen LogP) is 7.75. The lowest BCUT2D eigenvalue weighted by atomic mass is 10.1. The van der Waals surface area contributed by atoms with Crippen molar-refractivity contribution in [2.45, 2.75) is 31.5 Å². The molecular formula is C28H27N3S. The number of benzene rings is 3. The SMILES string of the molecule is CC(C)(C)N=CC=C(Sc1nc(-c2ccccc2)c(-c2ccccc2)[nH]1)c1ccccc1. The van der Waals surface area contributed by atoms with Crippen LogP contribution in [0.3, 0.4) is 0 Å². The van der Waals surface area contributed by atoms with E-state index in [-0.39, 0.29) is 5.54 Å². The highest BCUT2D eigenvalue weighted by Gasteiger charge is 2.16. The molecule has 4 heteroatoms. The van der Waals surface area contributed by atoms with Crippen LogP contribution in [0.2, 0.25) is 0 Å². The first-order valence-electron chi connectivity index (χ1n) is 10.7. The Bertz CT molecular complexity index is 1150. The van der Waals surface area contributed by atoms with E-state index in [1.807, 2.05) is 36.5 Å². The lowest BCUT2D eigenvalue weighted by molar-refractivity contribution is 0.587. The van der Waals surface area contributed by atoms with E-state index < -0.39 is 0 Å². The number of rotatable bonds is 6. The number of aromatic nitrogens is 2. The smallest absolute Gasteiger partial charge is 0.171 e. The van der Waals surface area contributed by atoms with Gasteiger partial charge >= 0.3 is 0 Å². The molecular weight excluding hydrogens is 410 g/mol. The summed E-state index contributed by atoms with van der Waals surface area (Å²) in [5.41, 5.74) is 5.20. The third-order valence-corrected chi connectivity index (χ3v) is 5.72. The summed E-state index contributed by atoms with van der Waals surface area (Å²) < 4.78 is 0. The standard InChI is InChI=1S/C28H27N3S/c1-28(2,3)29-20-19-24(21-13-7-4-8-14-21)32-27-30-25(22-15-9-5-10-16-22)26(31-27)23-17-11-6-12-18-23/h4-20H,1-3H3,(H,30,31). The lowest BCUT2D eigenvalue weighted by Crippen LogP contribution is -2.08. The molecule has 0 bridgehead atoms. The van der Waals surface area contributed by atoms with E-state index in [9.17, 15) is 0 Å². The largest absolute Gasteiger partial charge is 0.332 e. The molecule has 4 aromatic rings. The van der Waals surface area contributed by atoms with E-state index >= 15 is 0 Å². The highest BCUT2D eigenvalue weighted by molar-refractivity contribution is 8.08. The summed E-state index contributed by atoms with van der Waals surface area (Å²) in [6, 6.07) is 31.0. The zero-order valence-corrected chi connectivity index (χ0v) is 19.4. The first-order chi connectivity index (χ1) is 15.5. The highest BCUT2D eigenvalue weighted by atomic mass is 32.2. The molecule has 3 nitrogen and oxygen atoms in total. The molecule has 0 aliphatic heterocycles. The number of hydrogen-bond donors (Lipinski definition) is 1. The van der Waals surface area contributed by atoms with E-state index in [4.69, 9.17) is 4.98 Å². The Morgan fingerprint density at radius 2 is 1.38 bits per heavy atom. The Morgan fingerprint density at radius 1 is 0.812 bits per heavy atom. The van der Waals surface area contributed by atoms with Crippen molar-refractivity contribution in [3.05, 3.63) is 103 Å². The zero-order chi connectivity index (χ0) is 22.4. The van der Waals surface area contributed by atoms with E-state index in [1.54, 1.807) is 11.8 Å². The van der Waals surface area contributed by atoms with Gasteiger partial charge in [0, 0.05) is 22.2 Å². The van der Waals surface area contributed by atoms with Gasteiger partial charge in [0.1, 0.15) is 0 Å². The molecule has 3 aromatic carbocycles. The van der Waals surface area contributed by atoms with Gasteiger partial charge in [-0.25, -0.2) is 4.98 Å². The van der Waals surface area contributed by atoms with Gasteiger partial charge in [-0.1, -0.05) is 103 Å². The van der Waals surface area contributed by atoms with E-state index in [0.29, 0.717) is 0 Å². The van der Waals surface area contributed by atoms with Crippen LogP contribution in [0.4, 0.5) is 0 Å². The lowest BCUT2D eigenvalue weighted by Gasteiger charge is -2.10. The van der Waals surface area contributed by atoms with Crippen LogP contribution >= 0.6 is 11.8 Å². The van der Waals surface area contributed by atoms with Crippen LogP contribution in [0, 0.1) is 0 Å². The fourth-order valence-corrected chi connectivity index (χ4v) is 4.12. The number of aromatic amines is 1. The van der Waals surface area contributed by atoms with Crippen molar-refractivity contribution in [2.75, 3.05) is 0 Å². The van der Waals surface area contributed by atoms with Crippen molar-refractivity contribution in [1.29, 1.82) is 0 Å². The average molecular weight is 438 g/mol. The molecule has 0 atom stereocenters. The number of allylic oxidation sites excluding steroid dienone is 1. The molecule has 0 amide bonds. The van der Waals surface area contributed by atoms with Crippen molar-refractivity contribution in [1.82, 2.24) is 9.97 Å². The Morgan fingerprint density at radius 3 is 1.97 bits per heavy atom. The van der Waals surface area contributed by atoms with Crippen molar-refractivity contribution in [2.24, 2.45) is 4.99 Å². The normalized spacial score (nSPS) is 12.4. The van der Waals surface area contributed by atoms with Crippen molar-refractivity contribution < 1.29 is 0 Å². The molecule has 0 aliphatic carbocycles. The monoisotopic (exact) mass is 437 g/mol.